The predicted molar refractivity (Wildman–Crippen MR) is 20.1 cm³/mol. The fraction of sp³-hybridized carbons (Fsp3) is 1.00. The summed E-state index contributed by atoms with van der Waals surface area (Å²) in [6.07, 6.45) is -6.55. The molecule has 0 heterocycles. The van der Waals surface area contributed by atoms with Crippen molar-refractivity contribution in [2.45, 2.75) is 12.0 Å². The Hall–Kier alpha value is -0.495. The zero-order chi connectivity index (χ0) is 9.50. The SMILES string of the molecule is F[B-](F)(F)C(F)(F)C(F)(F)F. The lowest BCUT2D eigenvalue weighted by Crippen LogP contribution is -2.53. The molecule has 0 aromatic carbocycles. The normalized spacial score (nSPS) is 15.3. The van der Waals surface area contributed by atoms with Crippen molar-refractivity contribution in [2.24, 2.45) is 0 Å². The van der Waals surface area contributed by atoms with Crippen LogP contribution in [0.1, 0.15) is 0 Å². The maximum atomic E-state index is 11.2. The third-order valence-electron chi connectivity index (χ3n) is 0.789. The van der Waals surface area contributed by atoms with E-state index in [-0.39, 0.29) is 0 Å². The van der Waals surface area contributed by atoms with Gasteiger partial charge in [-0.2, -0.15) is 13.2 Å². The molecule has 0 saturated carbocycles. The standard InChI is InChI=1S/C2BF8/c4-1(5,2(6,7)8)3(9,10)11/q-1. The highest BCUT2D eigenvalue weighted by Gasteiger charge is 2.69. The van der Waals surface area contributed by atoms with E-state index in [1.54, 1.807) is 0 Å². The number of rotatable bonds is 1. The van der Waals surface area contributed by atoms with Crippen molar-refractivity contribution in [1.82, 2.24) is 0 Å². The van der Waals surface area contributed by atoms with Crippen LogP contribution in [-0.4, -0.2) is 19.0 Å². The summed E-state index contributed by atoms with van der Waals surface area (Å²) < 4.78 is 87.8. The van der Waals surface area contributed by atoms with Crippen molar-refractivity contribution in [2.75, 3.05) is 0 Å². The molecule has 0 unspecified atom stereocenters. The second-order valence-corrected chi connectivity index (χ2v) is 1.70. The van der Waals surface area contributed by atoms with Crippen LogP contribution in [0.3, 0.4) is 0 Å². The van der Waals surface area contributed by atoms with Gasteiger partial charge in [-0.1, -0.05) is 0 Å². The highest BCUT2D eigenvalue weighted by atomic mass is 19.4. The van der Waals surface area contributed by atoms with E-state index in [0.717, 1.165) is 0 Å². The highest BCUT2D eigenvalue weighted by molar-refractivity contribution is 6.61. The van der Waals surface area contributed by atoms with Gasteiger partial charge in [0.2, 0.25) is 0 Å². The summed E-state index contributed by atoms with van der Waals surface area (Å²) in [5.74, 6) is -6.56. The molecule has 0 rings (SSSR count). The van der Waals surface area contributed by atoms with Gasteiger partial charge in [-0.3, -0.25) is 0 Å². The van der Waals surface area contributed by atoms with Crippen LogP contribution in [0.5, 0.6) is 0 Å². The molecular formula is C2BF8-. The predicted octanol–water partition coefficient (Wildman–Crippen LogP) is 2.57. The topological polar surface area (TPSA) is 0 Å². The quantitative estimate of drug-likeness (QED) is 0.437. The molecule has 0 atom stereocenters. The first-order valence-corrected chi connectivity index (χ1v) is 2.14. The summed E-state index contributed by atoms with van der Waals surface area (Å²) in [5.41, 5.74) is 0. The molecule has 0 radical (unpaired) electrons. The molecule has 0 saturated heterocycles. The fourth-order valence-corrected chi connectivity index (χ4v) is 0.186. The molecule has 0 aliphatic carbocycles. The summed E-state index contributed by atoms with van der Waals surface area (Å²) in [6, 6.07) is 0. The second kappa shape index (κ2) is 2.24. The van der Waals surface area contributed by atoms with Crippen molar-refractivity contribution in [1.29, 1.82) is 0 Å². The van der Waals surface area contributed by atoms with Gasteiger partial charge in [0.1, 0.15) is 0 Å². The molecular weight excluding hydrogens is 187 g/mol. The molecule has 0 fully saturated rings. The van der Waals surface area contributed by atoms with Gasteiger partial charge in [-0.25, -0.2) is 8.78 Å². The third kappa shape index (κ3) is 1.75. The second-order valence-electron chi connectivity index (χ2n) is 1.70. The van der Waals surface area contributed by atoms with E-state index in [0.29, 0.717) is 0 Å². The average molecular weight is 187 g/mol. The lowest BCUT2D eigenvalue weighted by atomic mass is 9.80. The molecule has 0 spiro atoms. The van der Waals surface area contributed by atoms with Gasteiger partial charge in [-0.15, -0.1) is 0 Å². The van der Waals surface area contributed by atoms with Crippen LogP contribution < -0.4 is 0 Å². The Kier molecular flexibility index (Phi) is 2.14. The Balaban J connectivity index is 4.75. The lowest BCUT2D eigenvalue weighted by Gasteiger charge is -2.28. The van der Waals surface area contributed by atoms with E-state index in [4.69, 9.17) is 0 Å². The Morgan fingerprint density at radius 3 is 1.00 bits per heavy atom. The van der Waals surface area contributed by atoms with Gasteiger partial charge in [0.05, 0.1) is 0 Å². The first-order valence-electron chi connectivity index (χ1n) is 2.14. The van der Waals surface area contributed by atoms with Crippen LogP contribution in [0.25, 0.3) is 0 Å². The van der Waals surface area contributed by atoms with Gasteiger partial charge >= 0.3 is 19.0 Å². The van der Waals surface area contributed by atoms with E-state index >= 15 is 0 Å². The van der Waals surface area contributed by atoms with Crippen molar-refractivity contribution in [3.8, 4) is 0 Å². The van der Waals surface area contributed by atoms with Crippen LogP contribution in [0, 0.1) is 0 Å². The summed E-state index contributed by atoms with van der Waals surface area (Å²) in [6.45, 7) is -7.21. The largest absolute Gasteiger partial charge is 0.558 e. The zero-order valence-corrected chi connectivity index (χ0v) is 4.60. The van der Waals surface area contributed by atoms with E-state index in [1.165, 1.54) is 0 Å². The number of halogens is 8. The van der Waals surface area contributed by atoms with Gasteiger partial charge < -0.3 is 12.9 Å². The van der Waals surface area contributed by atoms with Gasteiger partial charge in [0.15, 0.2) is 0 Å². The summed E-state index contributed by atoms with van der Waals surface area (Å²) in [7, 11) is 0. The lowest BCUT2D eigenvalue weighted by molar-refractivity contribution is -0.256. The number of hydrogen-bond acceptors (Lipinski definition) is 0. The Labute approximate surface area is 55.2 Å². The van der Waals surface area contributed by atoms with Gasteiger partial charge in [-0.05, 0) is 0 Å². The Bertz CT molecular complexity index is 123. The van der Waals surface area contributed by atoms with Crippen LogP contribution in [-0.2, 0) is 0 Å². The molecule has 0 amide bonds. The van der Waals surface area contributed by atoms with Crippen molar-refractivity contribution < 1.29 is 34.9 Å². The molecule has 68 valence electrons. The molecule has 0 bridgehead atoms. The molecule has 0 N–H and O–H groups in total. The smallest absolute Gasteiger partial charge is 0.445 e. The van der Waals surface area contributed by atoms with Crippen LogP contribution in [0.2, 0.25) is 0 Å². The summed E-state index contributed by atoms with van der Waals surface area (Å²) in [4.78, 5) is 0. The Morgan fingerprint density at radius 1 is 0.727 bits per heavy atom. The minimum absolute atomic E-state index is 6.55. The van der Waals surface area contributed by atoms with Crippen molar-refractivity contribution in [3.63, 3.8) is 0 Å². The summed E-state index contributed by atoms with van der Waals surface area (Å²) in [5, 5.41) is 0. The number of alkyl halides is 5. The molecule has 0 aliphatic rings. The monoisotopic (exact) mass is 187 g/mol. The fourth-order valence-electron chi connectivity index (χ4n) is 0.186. The zero-order valence-electron chi connectivity index (χ0n) is 4.60. The third-order valence-corrected chi connectivity index (χ3v) is 0.789. The molecule has 0 aromatic heterocycles. The number of hydrogen-bond donors (Lipinski definition) is 0. The van der Waals surface area contributed by atoms with Gasteiger partial charge in [0.25, 0.3) is 0 Å². The molecule has 0 aliphatic heterocycles. The minimum atomic E-state index is -7.21. The highest BCUT2D eigenvalue weighted by Crippen LogP contribution is 2.43. The Morgan fingerprint density at radius 2 is 1.00 bits per heavy atom. The van der Waals surface area contributed by atoms with Gasteiger partial charge in [0, 0.05) is 0 Å². The molecule has 9 heteroatoms. The first kappa shape index (κ1) is 10.5. The molecule has 0 nitrogen and oxygen atoms in total. The van der Waals surface area contributed by atoms with E-state index in [1.807, 2.05) is 0 Å². The molecule has 0 aromatic rings. The van der Waals surface area contributed by atoms with E-state index in [2.05, 4.69) is 0 Å². The van der Waals surface area contributed by atoms with Crippen molar-refractivity contribution in [3.05, 3.63) is 0 Å². The maximum Gasteiger partial charge on any atom is 0.558 e. The maximum absolute atomic E-state index is 11.2. The molecule has 11 heavy (non-hydrogen) atoms. The van der Waals surface area contributed by atoms with E-state index in [9.17, 15) is 34.9 Å². The van der Waals surface area contributed by atoms with Crippen LogP contribution in [0.15, 0.2) is 0 Å². The van der Waals surface area contributed by atoms with Crippen LogP contribution in [0.4, 0.5) is 34.9 Å². The minimum Gasteiger partial charge on any atom is -0.445 e. The average Bonchev–Trinajstić information content (AvgIpc) is 1.58. The first-order chi connectivity index (χ1) is 4.50. The van der Waals surface area contributed by atoms with Crippen molar-refractivity contribution >= 4 is 6.98 Å². The van der Waals surface area contributed by atoms with Crippen LogP contribution >= 0.6 is 0 Å². The van der Waals surface area contributed by atoms with E-state index < -0.39 is 19.0 Å². The summed E-state index contributed by atoms with van der Waals surface area (Å²) >= 11 is 0.